The zero-order chi connectivity index (χ0) is 26.2. The van der Waals surface area contributed by atoms with Crippen LogP contribution in [0.4, 0.5) is 4.79 Å². The van der Waals surface area contributed by atoms with E-state index in [1.165, 1.54) is 7.11 Å². The van der Waals surface area contributed by atoms with Crippen LogP contribution in [0, 0.1) is 0 Å². The van der Waals surface area contributed by atoms with Crippen molar-refractivity contribution in [1.82, 2.24) is 10.6 Å². The van der Waals surface area contributed by atoms with Gasteiger partial charge in [-0.2, -0.15) is 0 Å². The van der Waals surface area contributed by atoms with Crippen molar-refractivity contribution in [2.24, 2.45) is 0 Å². The zero-order valence-corrected chi connectivity index (χ0v) is 21.7. The Morgan fingerprint density at radius 1 is 1.11 bits per heavy atom. The Bertz CT molecular complexity index is 1010. The Hall–Kier alpha value is -3.04. The van der Waals surface area contributed by atoms with Crippen molar-refractivity contribution in [3.8, 4) is 0 Å². The zero-order valence-electron chi connectivity index (χ0n) is 21.0. The summed E-state index contributed by atoms with van der Waals surface area (Å²) in [5, 5.41) is 6.09. The van der Waals surface area contributed by atoms with Gasteiger partial charge < -0.3 is 29.6 Å². The summed E-state index contributed by atoms with van der Waals surface area (Å²) < 4.78 is 21.2. The van der Waals surface area contributed by atoms with Gasteiger partial charge in [-0.1, -0.05) is 29.8 Å². The van der Waals surface area contributed by atoms with Crippen molar-refractivity contribution in [2.45, 2.75) is 46.1 Å². The van der Waals surface area contributed by atoms with Gasteiger partial charge in [0.1, 0.15) is 5.60 Å². The largest absolute Gasteiger partial charge is 0.466 e. The van der Waals surface area contributed by atoms with Crippen LogP contribution in [-0.4, -0.2) is 57.1 Å². The Kier molecular flexibility index (Phi) is 10.2. The quantitative estimate of drug-likeness (QED) is 0.294. The molecule has 2 N–H and O–H groups in total. The topological polar surface area (TPSA) is 112 Å². The van der Waals surface area contributed by atoms with Crippen molar-refractivity contribution in [3.63, 3.8) is 0 Å². The lowest BCUT2D eigenvalue weighted by Crippen LogP contribution is -2.36. The number of carbonyl (C=O) groups excluding carboxylic acids is 3. The molecule has 1 aliphatic heterocycles. The van der Waals surface area contributed by atoms with Gasteiger partial charge in [-0.25, -0.2) is 14.4 Å². The molecule has 1 amide bonds. The van der Waals surface area contributed by atoms with Crippen LogP contribution >= 0.6 is 11.6 Å². The fourth-order valence-corrected chi connectivity index (χ4v) is 3.82. The molecule has 1 unspecified atom stereocenters. The number of esters is 2. The number of methoxy groups -OCH3 is 1. The first-order valence-electron chi connectivity index (χ1n) is 11.2. The van der Waals surface area contributed by atoms with E-state index in [2.05, 4.69) is 10.6 Å². The monoisotopic (exact) mass is 508 g/mol. The van der Waals surface area contributed by atoms with E-state index in [0.717, 1.165) is 0 Å². The van der Waals surface area contributed by atoms with E-state index in [0.29, 0.717) is 22.0 Å². The lowest BCUT2D eigenvalue weighted by atomic mass is 9.80. The Balaban J connectivity index is 2.33. The maximum absolute atomic E-state index is 13.1. The molecule has 9 nitrogen and oxygen atoms in total. The fraction of sp³-hybridized carbons (Fsp3) is 0.480. The van der Waals surface area contributed by atoms with E-state index in [1.807, 2.05) is 0 Å². The standard InChI is InChI=1S/C25H33ClN2O7/c1-7-34-23(30)21-18(14-33-13-12-27-24(31)35-25(3,4)5)28-15(2)19(22(29)32-6)20(21)16-10-8-9-11-17(16)26/h8-11,20,28H,7,12-14H2,1-6H3,(H,27,31). The van der Waals surface area contributed by atoms with Crippen molar-refractivity contribution >= 4 is 29.6 Å². The smallest absolute Gasteiger partial charge is 0.407 e. The predicted molar refractivity (Wildman–Crippen MR) is 131 cm³/mol. The number of carbonyl (C=O) groups is 3. The molecule has 0 saturated heterocycles. The molecule has 0 bridgehead atoms. The molecule has 0 aromatic heterocycles. The number of hydrogen-bond donors (Lipinski definition) is 2. The Morgan fingerprint density at radius 3 is 2.40 bits per heavy atom. The van der Waals surface area contributed by atoms with Gasteiger partial charge >= 0.3 is 18.0 Å². The van der Waals surface area contributed by atoms with Crippen LogP contribution in [0.1, 0.15) is 46.1 Å². The highest BCUT2D eigenvalue weighted by Gasteiger charge is 2.39. The number of nitrogens with one attached hydrogen (secondary N) is 2. The maximum atomic E-state index is 13.1. The summed E-state index contributed by atoms with van der Waals surface area (Å²) in [5.74, 6) is -2.03. The molecule has 1 aliphatic rings. The van der Waals surface area contributed by atoms with E-state index < -0.39 is 29.6 Å². The van der Waals surface area contributed by atoms with Gasteiger partial charge in [0.25, 0.3) is 0 Å². The minimum absolute atomic E-state index is 0.00308. The van der Waals surface area contributed by atoms with Gasteiger partial charge in [-0.05, 0) is 46.2 Å². The van der Waals surface area contributed by atoms with Crippen LogP contribution in [0.3, 0.4) is 0 Å². The molecule has 1 atom stereocenters. The molecule has 0 radical (unpaired) electrons. The molecule has 0 fully saturated rings. The number of allylic oxidation sites excluding steroid dienone is 1. The Morgan fingerprint density at radius 2 is 1.80 bits per heavy atom. The van der Waals surface area contributed by atoms with Gasteiger partial charge in [-0.3, -0.25) is 0 Å². The van der Waals surface area contributed by atoms with Gasteiger partial charge in [0.2, 0.25) is 0 Å². The van der Waals surface area contributed by atoms with E-state index in [9.17, 15) is 14.4 Å². The van der Waals surface area contributed by atoms with Gasteiger partial charge in [-0.15, -0.1) is 0 Å². The summed E-state index contributed by atoms with van der Waals surface area (Å²) in [7, 11) is 1.27. The SMILES string of the molecule is CCOC(=O)C1=C(COCCNC(=O)OC(C)(C)C)NC(C)=C(C(=O)OC)C1c1ccccc1Cl. The molecular formula is C25H33ClN2O7. The highest BCUT2D eigenvalue weighted by molar-refractivity contribution is 6.31. The number of ether oxygens (including phenoxy) is 4. The van der Waals surface area contributed by atoms with Crippen LogP contribution < -0.4 is 10.6 Å². The Labute approximate surface area is 210 Å². The summed E-state index contributed by atoms with van der Waals surface area (Å²) in [5.41, 5.74) is 1.33. The molecule has 0 spiro atoms. The molecular weight excluding hydrogens is 476 g/mol. The van der Waals surface area contributed by atoms with Crippen LogP contribution in [0.25, 0.3) is 0 Å². The van der Waals surface area contributed by atoms with Gasteiger partial charge in [0.15, 0.2) is 0 Å². The first-order chi connectivity index (χ1) is 16.5. The lowest BCUT2D eigenvalue weighted by molar-refractivity contribution is -0.139. The molecule has 1 aromatic rings. The third-order valence-corrected chi connectivity index (χ3v) is 5.27. The summed E-state index contributed by atoms with van der Waals surface area (Å²) in [6, 6.07) is 6.97. The number of amides is 1. The summed E-state index contributed by atoms with van der Waals surface area (Å²) in [6.07, 6.45) is -0.552. The van der Waals surface area contributed by atoms with Crippen molar-refractivity contribution in [3.05, 3.63) is 57.4 Å². The molecule has 0 aliphatic carbocycles. The molecule has 35 heavy (non-hydrogen) atoms. The average molecular weight is 509 g/mol. The highest BCUT2D eigenvalue weighted by Crippen LogP contribution is 2.41. The summed E-state index contributed by atoms with van der Waals surface area (Å²) in [6.45, 7) is 9.22. The lowest BCUT2D eigenvalue weighted by Gasteiger charge is -2.31. The molecule has 1 aromatic carbocycles. The van der Waals surface area contributed by atoms with Crippen molar-refractivity contribution in [1.29, 1.82) is 0 Å². The first kappa shape index (κ1) is 28.2. The molecule has 0 saturated carbocycles. The predicted octanol–water partition coefficient (Wildman–Crippen LogP) is 3.83. The second kappa shape index (κ2) is 12.6. The summed E-state index contributed by atoms with van der Waals surface area (Å²) in [4.78, 5) is 37.7. The number of alkyl carbamates (subject to hydrolysis) is 1. The number of halogens is 1. The average Bonchev–Trinajstić information content (AvgIpc) is 2.77. The van der Waals surface area contributed by atoms with Crippen LogP contribution in [0.5, 0.6) is 0 Å². The second-order valence-corrected chi connectivity index (χ2v) is 9.11. The van der Waals surface area contributed by atoms with E-state index in [4.69, 9.17) is 30.5 Å². The normalized spacial score (nSPS) is 15.9. The minimum Gasteiger partial charge on any atom is -0.466 e. The third-order valence-electron chi connectivity index (χ3n) is 4.92. The van der Waals surface area contributed by atoms with Gasteiger partial charge in [0, 0.05) is 17.3 Å². The number of benzene rings is 1. The van der Waals surface area contributed by atoms with Crippen LogP contribution in [0.2, 0.25) is 5.02 Å². The first-order valence-corrected chi connectivity index (χ1v) is 11.6. The van der Waals surface area contributed by atoms with Crippen molar-refractivity contribution in [2.75, 3.05) is 33.5 Å². The molecule has 10 heteroatoms. The third kappa shape index (κ3) is 7.73. The van der Waals surface area contributed by atoms with Crippen molar-refractivity contribution < 1.29 is 33.3 Å². The number of dihydropyridines is 1. The summed E-state index contributed by atoms with van der Waals surface area (Å²) >= 11 is 6.48. The van der Waals surface area contributed by atoms with E-state index in [-0.39, 0.29) is 37.5 Å². The van der Waals surface area contributed by atoms with Crippen LogP contribution in [0.15, 0.2) is 46.8 Å². The number of hydrogen-bond acceptors (Lipinski definition) is 8. The molecule has 2 rings (SSSR count). The maximum Gasteiger partial charge on any atom is 0.407 e. The molecule has 192 valence electrons. The van der Waals surface area contributed by atoms with Crippen LogP contribution in [-0.2, 0) is 28.5 Å². The molecule has 1 heterocycles. The minimum atomic E-state index is -0.824. The highest BCUT2D eigenvalue weighted by atomic mass is 35.5. The van der Waals surface area contributed by atoms with E-state index in [1.54, 1.807) is 58.9 Å². The fourth-order valence-electron chi connectivity index (χ4n) is 3.57. The van der Waals surface area contributed by atoms with E-state index >= 15 is 0 Å². The number of rotatable bonds is 9. The van der Waals surface area contributed by atoms with Gasteiger partial charge in [0.05, 0.1) is 49.7 Å². The second-order valence-electron chi connectivity index (χ2n) is 8.70.